The van der Waals surface area contributed by atoms with Gasteiger partial charge in [0.05, 0.1) is 10.6 Å². The van der Waals surface area contributed by atoms with E-state index in [1.165, 1.54) is 11.3 Å². The quantitative estimate of drug-likeness (QED) is 0.350. The zero-order valence-corrected chi connectivity index (χ0v) is 11.2. The first-order chi connectivity index (χ1) is 8.65. The summed E-state index contributed by atoms with van der Waals surface area (Å²) in [5, 5.41) is 15.5. The predicted octanol–water partition coefficient (Wildman–Crippen LogP) is 3.20. The molecule has 0 saturated carbocycles. The molecule has 1 aromatic heterocycles. The number of rotatable bonds is 3. The SMILES string of the molecule is CNc1cc(-c2ccc(Cl)cc2)sc1/C(N)=N/O. The average Bonchev–Trinajstić information content (AvgIpc) is 2.82. The van der Waals surface area contributed by atoms with Gasteiger partial charge in [0.1, 0.15) is 0 Å². The van der Waals surface area contributed by atoms with Crippen LogP contribution in [0.15, 0.2) is 35.5 Å². The summed E-state index contributed by atoms with van der Waals surface area (Å²) in [7, 11) is 1.79. The van der Waals surface area contributed by atoms with Gasteiger partial charge in [0, 0.05) is 16.9 Å². The number of nitrogens with zero attached hydrogens (tertiary/aromatic N) is 1. The third-order valence-electron chi connectivity index (χ3n) is 2.47. The standard InChI is InChI=1S/C12H12ClN3OS/c1-15-9-6-10(18-11(9)12(14)16-17)7-2-4-8(13)5-3-7/h2-6,15,17H,1H3,(H2,14,16). The van der Waals surface area contributed by atoms with Crippen molar-refractivity contribution in [3.05, 3.63) is 40.2 Å². The lowest BCUT2D eigenvalue weighted by Crippen LogP contribution is -2.12. The van der Waals surface area contributed by atoms with Gasteiger partial charge in [0.25, 0.3) is 0 Å². The van der Waals surface area contributed by atoms with E-state index in [0.717, 1.165) is 16.1 Å². The third kappa shape index (κ3) is 2.42. The van der Waals surface area contributed by atoms with Crippen LogP contribution in [0.25, 0.3) is 10.4 Å². The minimum absolute atomic E-state index is 0.101. The Balaban J connectivity index is 2.47. The summed E-state index contributed by atoms with van der Waals surface area (Å²) in [4.78, 5) is 1.74. The van der Waals surface area contributed by atoms with E-state index in [-0.39, 0.29) is 5.84 Å². The zero-order chi connectivity index (χ0) is 13.1. The maximum atomic E-state index is 8.75. The summed E-state index contributed by atoms with van der Waals surface area (Å²) in [6.45, 7) is 0. The van der Waals surface area contributed by atoms with Gasteiger partial charge in [0.15, 0.2) is 5.84 Å². The molecule has 0 radical (unpaired) electrons. The van der Waals surface area contributed by atoms with Crippen LogP contribution >= 0.6 is 22.9 Å². The van der Waals surface area contributed by atoms with Gasteiger partial charge in [-0.15, -0.1) is 11.3 Å². The topological polar surface area (TPSA) is 70.6 Å². The molecule has 0 amide bonds. The highest BCUT2D eigenvalue weighted by atomic mass is 35.5. The second kappa shape index (κ2) is 5.29. The van der Waals surface area contributed by atoms with Crippen molar-refractivity contribution in [1.29, 1.82) is 0 Å². The summed E-state index contributed by atoms with van der Waals surface area (Å²) < 4.78 is 0. The first-order valence-corrected chi connectivity index (χ1v) is 6.40. The fourth-order valence-electron chi connectivity index (χ4n) is 1.57. The monoisotopic (exact) mass is 281 g/mol. The fraction of sp³-hybridized carbons (Fsp3) is 0.0833. The van der Waals surface area contributed by atoms with Gasteiger partial charge >= 0.3 is 0 Å². The van der Waals surface area contributed by atoms with Crippen molar-refractivity contribution in [2.24, 2.45) is 10.9 Å². The van der Waals surface area contributed by atoms with Crippen molar-refractivity contribution < 1.29 is 5.21 Å². The Hall–Kier alpha value is -1.72. The van der Waals surface area contributed by atoms with Gasteiger partial charge in [-0.05, 0) is 23.8 Å². The molecule has 0 saturated heterocycles. The zero-order valence-electron chi connectivity index (χ0n) is 9.64. The second-order valence-corrected chi connectivity index (χ2v) is 5.08. The van der Waals surface area contributed by atoms with Crippen LogP contribution in [0.2, 0.25) is 5.02 Å². The van der Waals surface area contributed by atoms with Crippen LogP contribution in [0.1, 0.15) is 4.88 Å². The van der Waals surface area contributed by atoms with Crippen LogP contribution < -0.4 is 11.1 Å². The van der Waals surface area contributed by atoms with E-state index in [4.69, 9.17) is 22.5 Å². The first kappa shape index (κ1) is 12.7. The molecule has 2 rings (SSSR count). The number of amidine groups is 1. The Morgan fingerprint density at radius 3 is 2.61 bits per heavy atom. The summed E-state index contributed by atoms with van der Waals surface area (Å²) in [6, 6.07) is 9.49. The molecule has 2 aromatic rings. The van der Waals surface area contributed by atoms with Crippen LogP contribution in [-0.4, -0.2) is 18.1 Å². The van der Waals surface area contributed by atoms with Gasteiger partial charge in [0.2, 0.25) is 0 Å². The molecule has 0 fully saturated rings. The van der Waals surface area contributed by atoms with Gasteiger partial charge in [-0.2, -0.15) is 0 Å². The summed E-state index contributed by atoms with van der Waals surface area (Å²) in [5.41, 5.74) is 7.51. The molecule has 6 heteroatoms. The predicted molar refractivity (Wildman–Crippen MR) is 76.8 cm³/mol. The molecule has 0 aliphatic carbocycles. The molecule has 4 N–H and O–H groups in total. The van der Waals surface area contributed by atoms with E-state index in [0.29, 0.717) is 9.90 Å². The summed E-state index contributed by atoms with van der Waals surface area (Å²) in [5.74, 6) is 0.101. The van der Waals surface area contributed by atoms with Crippen molar-refractivity contribution >= 4 is 34.5 Å². The number of oxime groups is 1. The lowest BCUT2D eigenvalue weighted by atomic mass is 10.2. The van der Waals surface area contributed by atoms with Crippen molar-refractivity contribution in [2.45, 2.75) is 0 Å². The fourth-order valence-corrected chi connectivity index (χ4v) is 2.76. The molecule has 4 nitrogen and oxygen atoms in total. The maximum Gasteiger partial charge on any atom is 0.182 e. The minimum Gasteiger partial charge on any atom is -0.409 e. The third-order valence-corrected chi connectivity index (χ3v) is 3.93. The van der Waals surface area contributed by atoms with E-state index < -0.39 is 0 Å². The van der Waals surface area contributed by atoms with Crippen LogP contribution in [-0.2, 0) is 0 Å². The van der Waals surface area contributed by atoms with Crippen LogP contribution in [0.5, 0.6) is 0 Å². The van der Waals surface area contributed by atoms with Crippen LogP contribution in [0, 0.1) is 0 Å². The van der Waals surface area contributed by atoms with E-state index in [1.807, 2.05) is 30.3 Å². The molecule has 0 unspecified atom stereocenters. The Morgan fingerprint density at radius 1 is 1.39 bits per heavy atom. The van der Waals surface area contributed by atoms with Gasteiger partial charge < -0.3 is 16.3 Å². The molecule has 0 aliphatic rings. The first-order valence-electron chi connectivity index (χ1n) is 5.21. The lowest BCUT2D eigenvalue weighted by Gasteiger charge is -1.98. The molecule has 0 atom stereocenters. The molecule has 0 aliphatic heterocycles. The molecule has 0 spiro atoms. The van der Waals surface area contributed by atoms with Crippen molar-refractivity contribution in [1.82, 2.24) is 0 Å². The molecular formula is C12H12ClN3OS. The molecule has 0 bridgehead atoms. The highest BCUT2D eigenvalue weighted by Crippen LogP contribution is 2.34. The van der Waals surface area contributed by atoms with Crippen molar-refractivity contribution in [3.8, 4) is 10.4 Å². The number of nitrogens with one attached hydrogen (secondary N) is 1. The number of hydrogen-bond donors (Lipinski definition) is 3. The van der Waals surface area contributed by atoms with Gasteiger partial charge in [-0.1, -0.05) is 28.9 Å². The second-order valence-electron chi connectivity index (χ2n) is 3.60. The number of hydrogen-bond acceptors (Lipinski definition) is 4. The van der Waals surface area contributed by atoms with E-state index in [2.05, 4.69) is 10.5 Å². The number of anilines is 1. The molecule has 1 aromatic carbocycles. The van der Waals surface area contributed by atoms with E-state index >= 15 is 0 Å². The molecular weight excluding hydrogens is 270 g/mol. The molecule has 18 heavy (non-hydrogen) atoms. The van der Waals surface area contributed by atoms with Crippen molar-refractivity contribution in [3.63, 3.8) is 0 Å². The number of halogens is 1. The highest BCUT2D eigenvalue weighted by Gasteiger charge is 2.13. The van der Waals surface area contributed by atoms with Gasteiger partial charge in [-0.3, -0.25) is 0 Å². The number of thiophene rings is 1. The smallest absolute Gasteiger partial charge is 0.182 e. The Bertz CT molecular complexity index is 578. The average molecular weight is 282 g/mol. The lowest BCUT2D eigenvalue weighted by molar-refractivity contribution is 0.319. The van der Waals surface area contributed by atoms with Crippen molar-refractivity contribution in [2.75, 3.05) is 12.4 Å². The normalized spacial score (nSPS) is 11.6. The number of nitrogens with two attached hydrogens (primary N) is 1. The summed E-state index contributed by atoms with van der Waals surface area (Å²) in [6.07, 6.45) is 0. The Morgan fingerprint density at radius 2 is 2.06 bits per heavy atom. The van der Waals surface area contributed by atoms with E-state index in [9.17, 15) is 0 Å². The number of benzene rings is 1. The largest absolute Gasteiger partial charge is 0.409 e. The molecule has 94 valence electrons. The Labute approximate surface area is 114 Å². The van der Waals surface area contributed by atoms with Gasteiger partial charge in [-0.25, -0.2) is 0 Å². The maximum absolute atomic E-state index is 8.75. The molecule has 1 heterocycles. The minimum atomic E-state index is 0.101. The van der Waals surface area contributed by atoms with E-state index in [1.54, 1.807) is 7.05 Å². The highest BCUT2D eigenvalue weighted by molar-refractivity contribution is 7.18. The van der Waals surface area contributed by atoms with Crippen LogP contribution in [0.3, 0.4) is 0 Å². The van der Waals surface area contributed by atoms with Crippen LogP contribution in [0.4, 0.5) is 5.69 Å². The Kier molecular flexibility index (Phi) is 3.74. The summed E-state index contributed by atoms with van der Waals surface area (Å²) >= 11 is 7.31.